The van der Waals surface area contributed by atoms with Gasteiger partial charge in [0.1, 0.15) is 5.60 Å². The highest BCUT2D eigenvalue weighted by molar-refractivity contribution is 6.00. The molecule has 1 N–H and O–H groups in total. The van der Waals surface area contributed by atoms with Gasteiger partial charge in [-0.2, -0.15) is 0 Å². The fourth-order valence-electron chi connectivity index (χ4n) is 4.68. The van der Waals surface area contributed by atoms with Gasteiger partial charge in [-0.05, 0) is 57.7 Å². The molecule has 30 heavy (non-hydrogen) atoms. The molecule has 1 spiro atoms. The lowest BCUT2D eigenvalue weighted by atomic mass is 9.72. The molecule has 1 aromatic carbocycles. The minimum absolute atomic E-state index is 0.184. The van der Waals surface area contributed by atoms with E-state index in [4.69, 9.17) is 4.74 Å². The van der Waals surface area contributed by atoms with Crippen molar-refractivity contribution in [2.75, 3.05) is 31.1 Å². The Hall–Kier alpha value is -2.57. The molecule has 0 aromatic heterocycles. The lowest BCUT2D eigenvalue weighted by molar-refractivity contribution is -0.134. The van der Waals surface area contributed by atoms with Gasteiger partial charge in [0.25, 0.3) is 0 Å². The average Bonchev–Trinajstić information content (AvgIpc) is 2.65. The van der Waals surface area contributed by atoms with Gasteiger partial charge in [-0.1, -0.05) is 12.1 Å². The van der Waals surface area contributed by atoms with Crippen LogP contribution < -0.4 is 10.2 Å². The predicted octanol–water partition coefficient (Wildman–Crippen LogP) is 3.04. The third-order valence-corrected chi connectivity index (χ3v) is 6.43. The van der Waals surface area contributed by atoms with E-state index in [0.29, 0.717) is 12.8 Å². The maximum Gasteiger partial charge on any atom is 0.410 e. The fraction of sp³-hybridized carbons (Fsp3) is 0.609. The molecule has 4 rings (SSSR count). The third-order valence-electron chi connectivity index (χ3n) is 6.43. The average molecular weight is 414 g/mol. The number of nitrogens with one attached hydrogen (secondary N) is 1. The summed E-state index contributed by atoms with van der Waals surface area (Å²) < 4.78 is 5.49. The highest BCUT2D eigenvalue weighted by atomic mass is 16.6. The molecule has 7 nitrogen and oxygen atoms in total. The lowest BCUT2D eigenvalue weighted by Crippen LogP contribution is -2.61. The van der Waals surface area contributed by atoms with Crippen molar-refractivity contribution in [1.29, 1.82) is 0 Å². The van der Waals surface area contributed by atoms with Crippen LogP contribution >= 0.6 is 0 Å². The van der Waals surface area contributed by atoms with Crippen molar-refractivity contribution in [1.82, 2.24) is 10.2 Å². The molecule has 3 aliphatic rings. The second kappa shape index (κ2) is 7.60. The number of piperidine rings is 2. The summed E-state index contributed by atoms with van der Waals surface area (Å²) in [4.78, 5) is 39.9. The zero-order valence-electron chi connectivity index (χ0n) is 18.1. The van der Waals surface area contributed by atoms with E-state index in [1.807, 2.05) is 37.8 Å². The Bertz CT molecular complexity index is 827. The molecule has 3 amide bonds. The zero-order chi connectivity index (χ0) is 21.5. The van der Waals surface area contributed by atoms with Gasteiger partial charge >= 0.3 is 6.09 Å². The van der Waals surface area contributed by atoms with E-state index in [0.717, 1.165) is 50.3 Å². The first-order chi connectivity index (χ1) is 14.1. The van der Waals surface area contributed by atoms with Crippen molar-refractivity contribution < 1.29 is 19.1 Å². The number of anilines is 1. The summed E-state index contributed by atoms with van der Waals surface area (Å²) in [5, 5.41) is 2.43. The Morgan fingerprint density at radius 2 is 1.73 bits per heavy atom. The Balaban J connectivity index is 1.29. The van der Waals surface area contributed by atoms with Crippen LogP contribution in [0.2, 0.25) is 0 Å². The van der Waals surface area contributed by atoms with Gasteiger partial charge in [0.2, 0.25) is 11.8 Å². The van der Waals surface area contributed by atoms with Crippen LogP contribution in [0, 0.1) is 5.41 Å². The predicted molar refractivity (Wildman–Crippen MR) is 113 cm³/mol. The van der Waals surface area contributed by atoms with Crippen LogP contribution in [0.25, 0.3) is 0 Å². The Morgan fingerprint density at radius 3 is 2.30 bits per heavy atom. The Labute approximate surface area is 177 Å². The van der Waals surface area contributed by atoms with E-state index in [-0.39, 0.29) is 29.2 Å². The van der Waals surface area contributed by atoms with Gasteiger partial charge in [-0.25, -0.2) is 4.79 Å². The quantitative estimate of drug-likeness (QED) is 0.754. The van der Waals surface area contributed by atoms with Crippen molar-refractivity contribution >= 4 is 23.6 Å². The standard InChI is InChI=1S/C23H31N3O4/c1-22(2,3)30-21(29)25-12-10-23(11-13-25)14-26(15-23)17-6-4-16(5-7-17)18-8-9-19(27)24-20(18)28/h4-7,18H,8-15H2,1-3H3,(H,24,27,28). The third kappa shape index (κ3) is 4.30. The summed E-state index contributed by atoms with van der Waals surface area (Å²) in [6.07, 6.45) is 2.75. The van der Waals surface area contributed by atoms with Gasteiger partial charge in [0.15, 0.2) is 0 Å². The maximum atomic E-state index is 12.3. The second-order valence-corrected chi connectivity index (χ2v) is 9.92. The molecule has 3 fully saturated rings. The van der Waals surface area contributed by atoms with Crippen LogP contribution in [0.3, 0.4) is 0 Å². The number of imide groups is 1. The van der Waals surface area contributed by atoms with Gasteiger partial charge in [-0.15, -0.1) is 0 Å². The molecule has 3 aliphatic heterocycles. The normalized spacial score (nSPS) is 23.8. The van der Waals surface area contributed by atoms with Crippen molar-refractivity contribution in [3.8, 4) is 0 Å². The molecule has 7 heteroatoms. The van der Waals surface area contributed by atoms with E-state index in [9.17, 15) is 14.4 Å². The molecule has 0 saturated carbocycles. The van der Waals surface area contributed by atoms with Gasteiger partial charge in [0.05, 0.1) is 5.92 Å². The second-order valence-electron chi connectivity index (χ2n) is 9.92. The summed E-state index contributed by atoms with van der Waals surface area (Å²) in [6.45, 7) is 9.16. The molecular weight excluding hydrogens is 382 g/mol. The number of benzene rings is 1. The first kappa shape index (κ1) is 20.7. The van der Waals surface area contributed by atoms with E-state index in [1.54, 1.807) is 0 Å². The Kier molecular flexibility index (Phi) is 5.24. The molecule has 162 valence electrons. The number of carbonyl (C=O) groups is 3. The molecule has 0 aliphatic carbocycles. The summed E-state index contributed by atoms with van der Waals surface area (Å²) in [6, 6.07) is 8.15. The van der Waals surface area contributed by atoms with Crippen LogP contribution in [0.4, 0.5) is 10.5 Å². The van der Waals surface area contributed by atoms with Crippen LogP contribution in [-0.2, 0) is 14.3 Å². The van der Waals surface area contributed by atoms with Crippen molar-refractivity contribution in [2.24, 2.45) is 5.41 Å². The van der Waals surface area contributed by atoms with Crippen LogP contribution in [-0.4, -0.2) is 54.6 Å². The molecule has 1 unspecified atom stereocenters. The summed E-state index contributed by atoms with van der Waals surface area (Å²) in [7, 11) is 0. The molecule has 3 saturated heterocycles. The zero-order valence-corrected chi connectivity index (χ0v) is 18.1. The van der Waals surface area contributed by atoms with Gasteiger partial charge in [0, 0.05) is 43.7 Å². The van der Waals surface area contributed by atoms with Crippen molar-refractivity contribution in [3.05, 3.63) is 29.8 Å². The number of likely N-dealkylation sites (tertiary alicyclic amines) is 1. The van der Waals surface area contributed by atoms with E-state index < -0.39 is 5.60 Å². The molecule has 0 radical (unpaired) electrons. The smallest absolute Gasteiger partial charge is 0.410 e. The number of hydrogen-bond donors (Lipinski definition) is 1. The van der Waals surface area contributed by atoms with Crippen LogP contribution in [0.5, 0.6) is 0 Å². The topological polar surface area (TPSA) is 79.0 Å². The first-order valence-electron chi connectivity index (χ1n) is 10.8. The largest absolute Gasteiger partial charge is 0.444 e. The summed E-state index contributed by atoms with van der Waals surface area (Å²) in [5.41, 5.74) is 1.94. The fourth-order valence-corrected chi connectivity index (χ4v) is 4.68. The van der Waals surface area contributed by atoms with E-state index in [1.165, 1.54) is 0 Å². The molecular formula is C23H31N3O4. The molecule has 1 atom stereocenters. The minimum Gasteiger partial charge on any atom is -0.444 e. The van der Waals surface area contributed by atoms with Crippen LogP contribution in [0.1, 0.15) is 57.9 Å². The van der Waals surface area contributed by atoms with Gasteiger partial charge < -0.3 is 14.5 Å². The first-order valence-corrected chi connectivity index (χ1v) is 10.8. The molecule has 3 heterocycles. The number of rotatable bonds is 2. The minimum atomic E-state index is -0.459. The number of hydrogen-bond acceptors (Lipinski definition) is 5. The SMILES string of the molecule is CC(C)(C)OC(=O)N1CCC2(CC1)CN(c1ccc(C3CCC(=O)NC3=O)cc1)C2. The number of ether oxygens (including phenoxy) is 1. The number of amides is 3. The van der Waals surface area contributed by atoms with Crippen molar-refractivity contribution in [3.63, 3.8) is 0 Å². The molecule has 1 aromatic rings. The molecule has 0 bridgehead atoms. The van der Waals surface area contributed by atoms with E-state index >= 15 is 0 Å². The van der Waals surface area contributed by atoms with E-state index in [2.05, 4.69) is 22.3 Å². The highest BCUT2D eigenvalue weighted by Gasteiger charge is 2.46. The van der Waals surface area contributed by atoms with Crippen molar-refractivity contribution in [2.45, 2.75) is 58.0 Å². The summed E-state index contributed by atoms with van der Waals surface area (Å²) >= 11 is 0. The monoisotopic (exact) mass is 413 g/mol. The highest BCUT2D eigenvalue weighted by Crippen LogP contribution is 2.43. The van der Waals surface area contributed by atoms with Gasteiger partial charge in [-0.3, -0.25) is 14.9 Å². The van der Waals surface area contributed by atoms with Crippen LogP contribution in [0.15, 0.2) is 24.3 Å². The Morgan fingerprint density at radius 1 is 1.10 bits per heavy atom. The maximum absolute atomic E-state index is 12.3. The number of nitrogens with zero attached hydrogens (tertiary/aromatic N) is 2. The summed E-state index contributed by atoms with van der Waals surface area (Å²) in [5.74, 6) is -0.619. The lowest BCUT2D eigenvalue weighted by Gasteiger charge is -2.55. The number of carbonyl (C=O) groups excluding carboxylic acids is 3.